The summed E-state index contributed by atoms with van der Waals surface area (Å²) in [5, 5.41) is 25.3. The van der Waals surface area contributed by atoms with Gasteiger partial charge in [0.25, 0.3) is 5.97 Å². The van der Waals surface area contributed by atoms with Crippen LogP contribution in [-0.4, -0.2) is 50.0 Å². The normalized spacial score (nSPS) is 12.7. The summed E-state index contributed by atoms with van der Waals surface area (Å²) < 4.78 is 1.67. The van der Waals surface area contributed by atoms with Gasteiger partial charge in [-0.05, 0) is 48.9 Å². The first-order valence-corrected chi connectivity index (χ1v) is 11.1. The van der Waals surface area contributed by atoms with E-state index < -0.39 is 11.9 Å². The number of aryl methyl sites for hydroxylation is 2. The second-order valence-corrected chi connectivity index (χ2v) is 8.13. The molecule has 0 bridgehead atoms. The van der Waals surface area contributed by atoms with Crippen LogP contribution in [0.25, 0.3) is 11.3 Å². The van der Waals surface area contributed by atoms with E-state index in [-0.39, 0.29) is 0 Å². The zero-order chi connectivity index (χ0) is 23.8. The second-order valence-electron chi connectivity index (χ2n) is 8.13. The van der Waals surface area contributed by atoms with Crippen molar-refractivity contribution in [2.45, 2.75) is 45.6 Å². The molecule has 1 atom stereocenters. The first kappa shape index (κ1) is 24.1. The molecule has 1 aliphatic rings. The van der Waals surface area contributed by atoms with Crippen molar-refractivity contribution in [1.82, 2.24) is 20.1 Å². The number of rotatable bonds is 8. The number of benzene rings is 1. The molecule has 0 amide bonds. The van der Waals surface area contributed by atoms with Gasteiger partial charge >= 0.3 is 5.97 Å². The van der Waals surface area contributed by atoms with Crippen molar-refractivity contribution < 1.29 is 19.8 Å². The molecule has 1 unspecified atom stereocenters. The highest BCUT2D eigenvalue weighted by atomic mass is 16.4. The molecule has 3 aromatic rings. The summed E-state index contributed by atoms with van der Waals surface area (Å²) in [6.07, 6.45) is 5.93. The molecule has 174 valence electrons. The monoisotopic (exact) mass is 450 g/mol. The topological polar surface area (TPSA) is 117 Å². The first-order chi connectivity index (χ1) is 15.9. The number of nitrogens with zero attached hydrogens (tertiary/aromatic N) is 3. The highest BCUT2D eigenvalue weighted by Gasteiger charge is 2.27. The minimum absolute atomic E-state index is 0.333. The standard InChI is InChI=1S/C23H26N4O2.C2H4O2/c1-16(17-6-3-2-4-7-17)14-24-11-5-13-27-22(23(28)29)20-9-8-18-15-25-12-10-19(18)21(20)26-27;1-2(3)4/h2-4,6-7,10,12,15-16,24H,5,8-9,11,13-14H2,1H3,(H,28,29);1H3,(H,3,4). The maximum atomic E-state index is 11.9. The van der Waals surface area contributed by atoms with Gasteiger partial charge in [-0.1, -0.05) is 37.3 Å². The van der Waals surface area contributed by atoms with Gasteiger partial charge in [-0.25, -0.2) is 4.79 Å². The Morgan fingerprint density at radius 2 is 1.88 bits per heavy atom. The third-order valence-electron chi connectivity index (χ3n) is 5.60. The van der Waals surface area contributed by atoms with Crippen LogP contribution in [0.4, 0.5) is 0 Å². The smallest absolute Gasteiger partial charge is 0.354 e. The third-order valence-corrected chi connectivity index (χ3v) is 5.60. The molecular weight excluding hydrogens is 420 g/mol. The van der Waals surface area contributed by atoms with E-state index in [1.807, 2.05) is 18.3 Å². The van der Waals surface area contributed by atoms with Crippen molar-refractivity contribution >= 4 is 11.9 Å². The number of hydrogen-bond acceptors (Lipinski definition) is 5. The number of fused-ring (bicyclic) bond motifs is 3. The quantitative estimate of drug-likeness (QED) is 0.449. The molecule has 0 fully saturated rings. The zero-order valence-electron chi connectivity index (χ0n) is 19.0. The van der Waals surface area contributed by atoms with E-state index >= 15 is 0 Å². The van der Waals surface area contributed by atoms with Crippen LogP contribution < -0.4 is 5.32 Å². The van der Waals surface area contributed by atoms with Crippen molar-refractivity contribution in [3.8, 4) is 11.3 Å². The van der Waals surface area contributed by atoms with E-state index in [0.29, 0.717) is 24.6 Å². The molecule has 0 saturated heterocycles. The molecule has 2 aromatic heterocycles. The Morgan fingerprint density at radius 3 is 2.58 bits per heavy atom. The molecule has 33 heavy (non-hydrogen) atoms. The summed E-state index contributed by atoms with van der Waals surface area (Å²) in [5.41, 5.74) is 5.45. The van der Waals surface area contributed by atoms with E-state index in [1.165, 1.54) is 5.56 Å². The van der Waals surface area contributed by atoms with Gasteiger partial charge in [-0.3, -0.25) is 14.5 Å². The molecule has 3 N–H and O–H groups in total. The molecule has 0 saturated carbocycles. The fraction of sp³-hybridized carbons (Fsp3) is 0.360. The molecule has 1 aromatic carbocycles. The number of aromatic carboxylic acids is 1. The fourth-order valence-corrected chi connectivity index (χ4v) is 4.04. The van der Waals surface area contributed by atoms with Crippen LogP contribution in [0.2, 0.25) is 0 Å². The van der Waals surface area contributed by atoms with Crippen LogP contribution in [0, 0.1) is 0 Å². The summed E-state index contributed by atoms with van der Waals surface area (Å²) in [6, 6.07) is 12.4. The van der Waals surface area contributed by atoms with Gasteiger partial charge in [0, 0.05) is 43.5 Å². The minimum Gasteiger partial charge on any atom is -0.481 e. The zero-order valence-corrected chi connectivity index (χ0v) is 19.0. The Morgan fingerprint density at radius 1 is 1.15 bits per heavy atom. The van der Waals surface area contributed by atoms with E-state index in [9.17, 15) is 9.90 Å². The number of carboxylic acids is 2. The number of nitrogens with one attached hydrogen (secondary N) is 1. The number of aromatic nitrogens is 3. The summed E-state index contributed by atoms with van der Waals surface area (Å²) in [6.45, 7) is 5.59. The van der Waals surface area contributed by atoms with Crippen LogP contribution in [0.1, 0.15) is 53.4 Å². The van der Waals surface area contributed by atoms with Crippen LogP contribution in [0.15, 0.2) is 48.8 Å². The summed E-state index contributed by atoms with van der Waals surface area (Å²) >= 11 is 0. The number of carbonyl (C=O) groups is 2. The van der Waals surface area contributed by atoms with Gasteiger partial charge in [0.05, 0.1) is 5.69 Å². The Kier molecular flexibility index (Phi) is 8.32. The van der Waals surface area contributed by atoms with E-state index in [4.69, 9.17) is 9.90 Å². The molecule has 8 heteroatoms. The molecular formula is C25H30N4O4. The van der Waals surface area contributed by atoms with Gasteiger partial charge in [-0.15, -0.1) is 0 Å². The van der Waals surface area contributed by atoms with Gasteiger partial charge in [0.2, 0.25) is 0 Å². The number of aliphatic carboxylic acids is 1. The van der Waals surface area contributed by atoms with E-state index in [1.54, 1.807) is 10.9 Å². The van der Waals surface area contributed by atoms with Crippen molar-refractivity contribution in [2.24, 2.45) is 0 Å². The second kappa shape index (κ2) is 11.4. The lowest BCUT2D eigenvalue weighted by Gasteiger charge is -2.14. The lowest BCUT2D eigenvalue weighted by atomic mass is 9.90. The molecule has 2 heterocycles. The average Bonchev–Trinajstić information content (AvgIpc) is 3.18. The Labute approximate surface area is 193 Å². The molecule has 0 spiro atoms. The van der Waals surface area contributed by atoms with Crippen molar-refractivity contribution in [1.29, 1.82) is 0 Å². The Hall–Kier alpha value is -3.52. The molecule has 4 rings (SSSR count). The predicted molar refractivity (Wildman–Crippen MR) is 125 cm³/mol. The molecule has 0 aliphatic heterocycles. The van der Waals surface area contributed by atoms with Crippen molar-refractivity contribution in [3.05, 3.63) is 71.2 Å². The lowest BCUT2D eigenvalue weighted by Crippen LogP contribution is -2.23. The van der Waals surface area contributed by atoms with Gasteiger partial charge in [-0.2, -0.15) is 5.10 Å². The van der Waals surface area contributed by atoms with Gasteiger partial charge in [0.15, 0.2) is 0 Å². The third kappa shape index (κ3) is 6.26. The maximum Gasteiger partial charge on any atom is 0.354 e. The summed E-state index contributed by atoms with van der Waals surface area (Å²) in [4.78, 5) is 25.1. The van der Waals surface area contributed by atoms with E-state index in [2.05, 4.69) is 46.6 Å². The van der Waals surface area contributed by atoms with Crippen LogP contribution in [0.3, 0.4) is 0 Å². The highest BCUT2D eigenvalue weighted by Crippen LogP contribution is 2.34. The van der Waals surface area contributed by atoms with Crippen molar-refractivity contribution in [2.75, 3.05) is 13.1 Å². The number of carboxylic acid groups (broad SMARTS) is 2. The van der Waals surface area contributed by atoms with Crippen LogP contribution in [-0.2, 0) is 24.2 Å². The van der Waals surface area contributed by atoms with Crippen LogP contribution in [0.5, 0.6) is 0 Å². The largest absolute Gasteiger partial charge is 0.481 e. The minimum atomic E-state index is -0.901. The Bertz CT molecular complexity index is 1090. The van der Waals surface area contributed by atoms with Crippen molar-refractivity contribution in [3.63, 3.8) is 0 Å². The SMILES string of the molecule is CC(=O)O.CC(CNCCCn1nc2c(c1C(=O)O)CCc1cnccc1-2)c1ccccc1. The predicted octanol–water partition coefficient (Wildman–Crippen LogP) is 3.62. The maximum absolute atomic E-state index is 11.9. The van der Waals surface area contributed by atoms with E-state index in [0.717, 1.165) is 55.2 Å². The average molecular weight is 451 g/mol. The molecule has 1 aliphatic carbocycles. The van der Waals surface area contributed by atoms with Crippen LogP contribution >= 0.6 is 0 Å². The van der Waals surface area contributed by atoms with Gasteiger partial charge < -0.3 is 15.5 Å². The highest BCUT2D eigenvalue weighted by molar-refractivity contribution is 5.90. The fourth-order valence-electron chi connectivity index (χ4n) is 4.04. The summed E-state index contributed by atoms with van der Waals surface area (Å²) in [7, 11) is 0. The first-order valence-electron chi connectivity index (χ1n) is 11.1. The summed E-state index contributed by atoms with van der Waals surface area (Å²) in [5.74, 6) is -1.30. The number of pyridine rings is 1. The lowest BCUT2D eigenvalue weighted by molar-refractivity contribution is -0.134. The molecule has 0 radical (unpaired) electrons. The number of hydrogen-bond donors (Lipinski definition) is 3. The van der Waals surface area contributed by atoms with Gasteiger partial charge in [0.1, 0.15) is 5.69 Å². The molecule has 8 nitrogen and oxygen atoms in total. The Balaban J connectivity index is 0.000000709.